The van der Waals surface area contributed by atoms with E-state index in [4.69, 9.17) is 9.47 Å². The smallest absolute Gasteiger partial charge is 0.194 e. The summed E-state index contributed by atoms with van der Waals surface area (Å²) in [6.45, 7) is 13.0. The fourth-order valence-corrected chi connectivity index (χ4v) is 3.10. The highest BCUT2D eigenvalue weighted by atomic mass is 127. The van der Waals surface area contributed by atoms with Crippen molar-refractivity contribution in [3.8, 4) is 11.5 Å². The zero-order valence-electron chi connectivity index (χ0n) is 17.5. The van der Waals surface area contributed by atoms with Crippen LogP contribution in [0.3, 0.4) is 0 Å². The molecule has 1 atom stereocenters. The summed E-state index contributed by atoms with van der Waals surface area (Å²) in [5.74, 6) is 2.14. The van der Waals surface area contributed by atoms with Gasteiger partial charge in [-0.2, -0.15) is 0 Å². The molecular formula is C20H34IN3O3. The average Bonchev–Trinajstić information content (AvgIpc) is 2.62. The first-order valence-corrected chi connectivity index (χ1v) is 9.13. The van der Waals surface area contributed by atoms with Gasteiger partial charge in [0.2, 0.25) is 0 Å². The summed E-state index contributed by atoms with van der Waals surface area (Å²) in [7, 11) is 3.19. The van der Waals surface area contributed by atoms with E-state index in [0.717, 1.165) is 24.6 Å². The summed E-state index contributed by atoms with van der Waals surface area (Å²) < 4.78 is 10.6. The highest BCUT2D eigenvalue weighted by Gasteiger charge is 2.53. The number of rotatable bonds is 6. The number of aliphatic imine (C=N–C) groups is 1. The first kappa shape index (κ1) is 23.8. The van der Waals surface area contributed by atoms with E-state index in [1.54, 1.807) is 20.3 Å². The Morgan fingerprint density at radius 3 is 2.15 bits per heavy atom. The van der Waals surface area contributed by atoms with E-state index in [1.807, 2.05) is 12.1 Å². The molecule has 6 nitrogen and oxygen atoms in total. The molecule has 0 aromatic heterocycles. The molecule has 1 saturated heterocycles. The molecule has 1 heterocycles. The van der Waals surface area contributed by atoms with Gasteiger partial charge < -0.3 is 24.8 Å². The SMILES string of the molecule is CCNC(=NCC(O)c1cc(OC)cc(OC)c1)N1CC(C)(C)C1(C)C.I. The predicted molar refractivity (Wildman–Crippen MR) is 120 cm³/mol. The van der Waals surface area contributed by atoms with E-state index in [2.05, 4.69) is 49.8 Å². The molecule has 1 aromatic carbocycles. The maximum atomic E-state index is 10.6. The maximum Gasteiger partial charge on any atom is 0.194 e. The second-order valence-corrected chi connectivity index (χ2v) is 7.89. The van der Waals surface area contributed by atoms with Gasteiger partial charge in [-0.1, -0.05) is 13.8 Å². The van der Waals surface area contributed by atoms with Crippen LogP contribution in [0.15, 0.2) is 23.2 Å². The van der Waals surface area contributed by atoms with Crippen LogP contribution in [0.1, 0.15) is 46.3 Å². The minimum atomic E-state index is -0.731. The molecule has 7 heteroatoms. The molecule has 2 rings (SSSR count). The normalized spacial score (nSPS) is 18.8. The monoisotopic (exact) mass is 491 g/mol. The zero-order valence-corrected chi connectivity index (χ0v) is 19.8. The van der Waals surface area contributed by atoms with Crippen molar-refractivity contribution in [3.63, 3.8) is 0 Å². The van der Waals surface area contributed by atoms with Crippen LogP contribution >= 0.6 is 24.0 Å². The van der Waals surface area contributed by atoms with Crippen LogP contribution in [0.5, 0.6) is 11.5 Å². The van der Waals surface area contributed by atoms with Gasteiger partial charge in [0.15, 0.2) is 5.96 Å². The third-order valence-corrected chi connectivity index (χ3v) is 5.65. The molecule has 0 bridgehead atoms. The average molecular weight is 491 g/mol. The quantitative estimate of drug-likeness (QED) is 0.363. The third-order valence-electron chi connectivity index (χ3n) is 5.65. The molecule has 1 aliphatic heterocycles. The second kappa shape index (κ2) is 9.32. The van der Waals surface area contributed by atoms with Gasteiger partial charge in [-0.15, -0.1) is 24.0 Å². The molecule has 0 spiro atoms. The topological polar surface area (TPSA) is 66.3 Å². The van der Waals surface area contributed by atoms with E-state index in [0.29, 0.717) is 11.5 Å². The molecule has 1 aromatic rings. The van der Waals surface area contributed by atoms with Crippen molar-refractivity contribution in [1.29, 1.82) is 0 Å². The summed E-state index contributed by atoms with van der Waals surface area (Å²) in [6.07, 6.45) is -0.731. The number of ether oxygens (including phenoxy) is 2. The Bertz CT molecular complexity index is 640. The molecule has 1 aliphatic rings. The van der Waals surface area contributed by atoms with Gasteiger partial charge in [-0.05, 0) is 38.5 Å². The van der Waals surface area contributed by atoms with Crippen LogP contribution < -0.4 is 14.8 Å². The second-order valence-electron chi connectivity index (χ2n) is 7.89. The predicted octanol–water partition coefficient (Wildman–Crippen LogP) is 3.44. The van der Waals surface area contributed by atoms with Crippen LogP contribution in [0.2, 0.25) is 0 Å². The lowest BCUT2D eigenvalue weighted by molar-refractivity contribution is -0.0668. The first-order valence-electron chi connectivity index (χ1n) is 9.13. The van der Waals surface area contributed by atoms with E-state index in [1.165, 1.54) is 0 Å². The number of nitrogens with zero attached hydrogens (tertiary/aromatic N) is 2. The summed E-state index contributed by atoms with van der Waals surface area (Å²) in [4.78, 5) is 6.96. The molecule has 2 N–H and O–H groups in total. The van der Waals surface area contributed by atoms with Crippen molar-refractivity contribution in [1.82, 2.24) is 10.2 Å². The summed E-state index contributed by atoms with van der Waals surface area (Å²) >= 11 is 0. The Kier molecular flexibility index (Phi) is 8.22. The molecule has 1 unspecified atom stereocenters. The van der Waals surface area contributed by atoms with Gasteiger partial charge in [0.05, 0.1) is 26.9 Å². The Balaban J connectivity index is 0.00000364. The lowest BCUT2D eigenvalue weighted by Crippen LogP contribution is -2.72. The number of likely N-dealkylation sites (tertiary alicyclic amines) is 1. The van der Waals surface area contributed by atoms with E-state index >= 15 is 0 Å². The standard InChI is InChI=1S/C20H33N3O3.HI/c1-8-21-18(23-13-19(2,3)20(23,4)5)22-12-17(24)14-9-15(25-6)11-16(10-14)26-7;/h9-11,17,24H,8,12-13H2,1-7H3,(H,21,22);1H. The number of aliphatic hydroxyl groups is 1. The third kappa shape index (κ3) is 4.99. The van der Waals surface area contributed by atoms with Crippen molar-refractivity contribution in [2.24, 2.45) is 10.4 Å². The van der Waals surface area contributed by atoms with Gasteiger partial charge in [0, 0.05) is 30.1 Å². The van der Waals surface area contributed by atoms with Crippen LogP contribution in [-0.2, 0) is 0 Å². The van der Waals surface area contributed by atoms with Gasteiger partial charge in [-0.25, -0.2) is 0 Å². The van der Waals surface area contributed by atoms with Gasteiger partial charge >= 0.3 is 0 Å². The summed E-state index contributed by atoms with van der Waals surface area (Å²) in [5, 5.41) is 14.0. The Hall–Kier alpha value is -1.22. The van der Waals surface area contributed by atoms with E-state index in [9.17, 15) is 5.11 Å². The first-order chi connectivity index (χ1) is 12.2. The molecule has 27 heavy (non-hydrogen) atoms. The van der Waals surface area contributed by atoms with Crippen molar-refractivity contribution >= 4 is 29.9 Å². The van der Waals surface area contributed by atoms with Crippen molar-refractivity contribution in [3.05, 3.63) is 23.8 Å². The Morgan fingerprint density at radius 1 is 1.19 bits per heavy atom. The molecular weight excluding hydrogens is 457 g/mol. The molecule has 0 radical (unpaired) electrons. The van der Waals surface area contributed by atoms with Gasteiger partial charge in [0.1, 0.15) is 11.5 Å². The number of benzene rings is 1. The molecule has 0 saturated carbocycles. The number of hydrogen-bond donors (Lipinski definition) is 2. The number of halogens is 1. The molecule has 0 aliphatic carbocycles. The zero-order chi connectivity index (χ0) is 19.5. The Labute approximate surface area is 180 Å². The van der Waals surface area contributed by atoms with Crippen LogP contribution in [-0.4, -0.2) is 55.4 Å². The largest absolute Gasteiger partial charge is 0.497 e. The summed E-state index contributed by atoms with van der Waals surface area (Å²) in [5.41, 5.74) is 0.962. The minimum absolute atomic E-state index is 0. The number of methoxy groups -OCH3 is 2. The molecule has 154 valence electrons. The number of aliphatic hydroxyl groups excluding tert-OH is 1. The molecule has 1 fully saturated rings. The van der Waals surface area contributed by atoms with Crippen molar-refractivity contribution in [2.45, 2.75) is 46.3 Å². The maximum absolute atomic E-state index is 10.6. The number of hydrogen-bond acceptors (Lipinski definition) is 4. The van der Waals surface area contributed by atoms with Crippen LogP contribution in [0, 0.1) is 5.41 Å². The van der Waals surface area contributed by atoms with Gasteiger partial charge in [0.25, 0.3) is 0 Å². The van der Waals surface area contributed by atoms with E-state index in [-0.39, 0.29) is 41.5 Å². The van der Waals surface area contributed by atoms with Crippen LogP contribution in [0.25, 0.3) is 0 Å². The Morgan fingerprint density at radius 2 is 1.74 bits per heavy atom. The van der Waals surface area contributed by atoms with E-state index < -0.39 is 6.10 Å². The number of nitrogens with one attached hydrogen (secondary N) is 1. The fourth-order valence-electron chi connectivity index (χ4n) is 3.10. The van der Waals surface area contributed by atoms with Crippen LogP contribution in [0.4, 0.5) is 0 Å². The highest BCUT2D eigenvalue weighted by Crippen LogP contribution is 2.46. The number of guanidine groups is 1. The lowest BCUT2D eigenvalue weighted by atomic mass is 9.65. The van der Waals surface area contributed by atoms with Crippen molar-refractivity contribution < 1.29 is 14.6 Å². The van der Waals surface area contributed by atoms with Gasteiger partial charge in [-0.3, -0.25) is 4.99 Å². The molecule has 0 amide bonds. The highest BCUT2D eigenvalue weighted by molar-refractivity contribution is 14.0. The fraction of sp³-hybridized carbons (Fsp3) is 0.650. The van der Waals surface area contributed by atoms with Crippen molar-refractivity contribution in [2.75, 3.05) is 33.9 Å². The minimum Gasteiger partial charge on any atom is -0.497 e. The summed E-state index contributed by atoms with van der Waals surface area (Å²) in [6, 6.07) is 5.41. The lowest BCUT2D eigenvalue weighted by Gasteiger charge is -2.62.